The van der Waals surface area contributed by atoms with Gasteiger partial charge in [-0.25, -0.2) is 4.39 Å². The van der Waals surface area contributed by atoms with Gasteiger partial charge in [-0.3, -0.25) is 0 Å². The van der Waals surface area contributed by atoms with Crippen LogP contribution in [0.4, 0.5) is 17.6 Å². The van der Waals surface area contributed by atoms with Gasteiger partial charge in [0.15, 0.2) is 0 Å². The molecule has 1 rings (SSSR count). The first-order valence-corrected chi connectivity index (χ1v) is 5.96. The van der Waals surface area contributed by atoms with E-state index in [1.54, 1.807) is 6.92 Å². The molecule has 7 heteroatoms. The minimum Gasteiger partial charge on any atom is -0.489 e. The summed E-state index contributed by atoms with van der Waals surface area (Å²) in [5.41, 5.74) is 0. The second-order valence-electron chi connectivity index (χ2n) is 3.75. The minimum atomic E-state index is -4.25. The van der Waals surface area contributed by atoms with Crippen molar-refractivity contribution in [2.75, 3.05) is 13.1 Å². The van der Waals surface area contributed by atoms with Crippen molar-refractivity contribution in [2.24, 2.45) is 0 Å². The SMILES string of the molecule is CC(CNCC(F)(F)F)Oc1ccc(Br)c(F)c1. The average Bonchev–Trinajstić information content (AvgIpc) is 2.21. The summed E-state index contributed by atoms with van der Waals surface area (Å²) in [6.45, 7) is 0.552. The third-order valence-corrected chi connectivity index (χ3v) is 2.63. The van der Waals surface area contributed by atoms with E-state index in [0.717, 1.165) is 0 Å². The topological polar surface area (TPSA) is 21.3 Å². The van der Waals surface area contributed by atoms with Crippen LogP contribution >= 0.6 is 15.9 Å². The molecule has 0 saturated heterocycles. The molecule has 102 valence electrons. The molecule has 0 aliphatic rings. The summed E-state index contributed by atoms with van der Waals surface area (Å²) in [7, 11) is 0. The molecule has 1 aromatic carbocycles. The smallest absolute Gasteiger partial charge is 0.401 e. The van der Waals surface area contributed by atoms with Crippen LogP contribution in [0.2, 0.25) is 0 Å². The molecule has 0 fully saturated rings. The van der Waals surface area contributed by atoms with E-state index < -0.39 is 24.6 Å². The molecule has 0 aliphatic carbocycles. The van der Waals surface area contributed by atoms with Crippen LogP contribution in [0.15, 0.2) is 22.7 Å². The van der Waals surface area contributed by atoms with Crippen LogP contribution in [0.1, 0.15) is 6.92 Å². The van der Waals surface area contributed by atoms with Gasteiger partial charge in [0.1, 0.15) is 17.7 Å². The van der Waals surface area contributed by atoms with E-state index in [-0.39, 0.29) is 12.3 Å². The van der Waals surface area contributed by atoms with E-state index in [4.69, 9.17) is 4.74 Å². The fourth-order valence-corrected chi connectivity index (χ4v) is 1.49. The third-order valence-electron chi connectivity index (χ3n) is 1.99. The van der Waals surface area contributed by atoms with Crippen molar-refractivity contribution in [3.05, 3.63) is 28.5 Å². The number of rotatable bonds is 5. The molecule has 0 amide bonds. The van der Waals surface area contributed by atoms with Crippen LogP contribution in [0, 0.1) is 5.82 Å². The Hall–Kier alpha value is -0.820. The monoisotopic (exact) mass is 329 g/mol. The molecule has 0 aliphatic heterocycles. The highest BCUT2D eigenvalue weighted by Gasteiger charge is 2.26. The molecule has 0 aromatic heterocycles. The highest BCUT2D eigenvalue weighted by atomic mass is 79.9. The molecule has 0 spiro atoms. The zero-order valence-electron chi connectivity index (χ0n) is 9.52. The number of hydrogen-bond donors (Lipinski definition) is 1. The highest BCUT2D eigenvalue weighted by Crippen LogP contribution is 2.21. The van der Waals surface area contributed by atoms with E-state index in [2.05, 4.69) is 21.2 Å². The number of halogens is 5. The fraction of sp³-hybridized carbons (Fsp3) is 0.455. The average molecular weight is 330 g/mol. The first kappa shape index (κ1) is 15.2. The van der Waals surface area contributed by atoms with Gasteiger partial charge in [0, 0.05) is 12.6 Å². The van der Waals surface area contributed by atoms with Crippen molar-refractivity contribution < 1.29 is 22.3 Å². The van der Waals surface area contributed by atoms with Crippen molar-refractivity contribution in [2.45, 2.75) is 19.2 Å². The molecule has 1 atom stereocenters. The summed E-state index contributed by atoms with van der Waals surface area (Å²) < 4.78 is 54.3. The standard InChI is InChI=1S/C11H12BrF4NO/c1-7(5-17-6-11(14,15)16)18-8-2-3-9(12)10(13)4-8/h2-4,7,17H,5-6H2,1H3. The fourth-order valence-electron chi connectivity index (χ4n) is 1.24. The number of benzene rings is 1. The van der Waals surface area contributed by atoms with Crippen molar-refractivity contribution in [1.29, 1.82) is 0 Å². The molecule has 18 heavy (non-hydrogen) atoms. The number of ether oxygens (including phenoxy) is 1. The molecule has 1 unspecified atom stereocenters. The van der Waals surface area contributed by atoms with Crippen molar-refractivity contribution >= 4 is 15.9 Å². The third kappa shape index (κ3) is 5.68. The molecule has 1 aromatic rings. The van der Waals surface area contributed by atoms with Gasteiger partial charge in [0.2, 0.25) is 0 Å². The van der Waals surface area contributed by atoms with E-state index in [9.17, 15) is 17.6 Å². The normalized spacial score (nSPS) is 13.4. The van der Waals surface area contributed by atoms with Gasteiger partial charge in [-0.05, 0) is 35.0 Å². The Labute approximate surface area is 110 Å². The van der Waals surface area contributed by atoms with E-state index in [1.165, 1.54) is 18.2 Å². The molecule has 0 saturated carbocycles. The Balaban J connectivity index is 2.40. The Morgan fingerprint density at radius 3 is 2.61 bits per heavy atom. The van der Waals surface area contributed by atoms with Crippen LogP contribution in [-0.4, -0.2) is 25.4 Å². The molecule has 0 bridgehead atoms. The Morgan fingerprint density at radius 1 is 1.39 bits per heavy atom. The van der Waals surface area contributed by atoms with Crippen LogP contribution < -0.4 is 10.1 Å². The summed E-state index contributed by atoms with van der Waals surface area (Å²) in [4.78, 5) is 0. The largest absolute Gasteiger partial charge is 0.489 e. The van der Waals surface area contributed by atoms with Crippen LogP contribution in [0.25, 0.3) is 0 Å². The Bertz CT molecular complexity index is 397. The second-order valence-corrected chi connectivity index (χ2v) is 4.60. The Kier molecular flexibility index (Phi) is 5.40. The summed E-state index contributed by atoms with van der Waals surface area (Å²) in [6, 6.07) is 4.18. The lowest BCUT2D eigenvalue weighted by Crippen LogP contribution is -2.35. The van der Waals surface area contributed by atoms with Gasteiger partial charge in [0.25, 0.3) is 0 Å². The van der Waals surface area contributed by atoms with Crippen LogP contribution in [-0.2, 0) is 0 Å². The van der Waals surface area contributed by atoms with Gasteiger partial charge >= 0.3 is 6.18 Å². The van der Waals surface area contributed by atoms with Crippen LogP contribution in [0.3, 0.4) is 0 Å². The maximum absolute atomic E-state index is 13.1. The lowest BCUT2D eigenvalue weighted by atomic mass is 10.3. The van der Waals surface area contributed by atoms with Crippen molar-refractivity contribution in [3.63, 3.8) is 0 Å². The predicted octanol–water partition coefficient (Wildman–Crippen LogP) is 3.51. The number of alkyl halides is 3. The maximum Gasteiger partial charge on any atom is 0.401 e. The van der Waals surface area contributed by atoms with Crippen LogP contribution in [0.5, 0.6) is 5.75 Å². The predicted molar refractivity (Wildman–Crippen MR) is 63.1 cm³/mol. The zero-order valence-corrected chi connectivity index (χ0v) is 11.1. The lowest BCUT2D eigenvalue weighted by molar-refractivity contribution is -0.125. The summed E-state index contributed by atoms with van der Waals surface area (Å²) in [5.74, 6) is -0.208. The van der Waals surface area contributed by atoms with Gasteiger partial charge < -0.3 is 10.1 Å². The van der Waals surface area contributed by atoms with E-state index in [1.807, 2.05) is 0 Å². The molecule has 1 N–H and O–H groups in total. The molecule has 0 radical (unpaired) electrons. The minimum absolute atomic E-state index is 0.0250. The van der Waals surface area contributed by atoms with Crippen molar-refractivity contribution in [1.82, 2.24) is 5.32 Å². The van der Waals surface area contributed by atoms with Gasteiger partial charge in [-0.2, -0.15) is 13.2 Å². The Morgan fingerprint density at radius 2 is 2.06 bits per heavy atom. The van der Waals surface area contributed by atoms with Gasteiger partial charge in [-0.15, -0.1) is 0 Å². The molecular weight excluding hydrogens is 318 g/mol. The highest BCUT2D eigenvalue weighted by molar-refractivity contribution is 9.10. The van der Waals surface area contributed by atoms with Gasteiger partial charge in [0.05, 0.1) is 11.0 Å². The summed E-state index contributed by atoms with van der Waals surface area (Å²) in [5, 5.41) is 2.22. The molecular formula is C11H12BrF4NO. The number of nitrogens with one attached hydrogen (secondary N) is 1. The summed E-state index contributed by atoms with van der Waals surface area (Å²) in [6.07, 6.45) is -4.74. The second kappa shape index (κ2) is 6.38. The first-order valence-electron chi connectivity index (χ1n) is 5.17. The first-order chi connectivity index (χ1) is 8.28. The maximum atomic E-state index is 13.1. The lowest BCUT2D eigenvalue weighted by Gasteiger charge is -2.16. The van der Waals surface area contributed by atoms with Crippen molar-refractivity contribution in [3.8, 4) is 5.75 Å². The molecule has 0 heterocycles. The zero-order chi connectivity index (χ0) is 13.8. The quantitative estimate of drug-likeness (QED) is 0.835. The summed E-state index contributed by atoms with van der Waals surface area (Å²) >= 11 is 2.99. The van der Waals surface area contributed by atoms with Gasteiger partial charge in [-0.1, -0.05) is 0 Å². The number of hydrogen-bond acceptors (Lipinski definition) is 2. The van der Waals surface area contributed by atoms with E-state index in [0.29, 0.717) is 4.47 Å². The van der Waals surface area contributed by atoms with E-state index >= 15 is 0 Å². The molecule has 2 nitrogen and oxygen atoms in total.